The molecule has 2 heteroatoms. The molecule has 0 saturated carbocycles. The molecule has 0 unspecified atom stereocenters. The second-order valence-corrected chi connectivity index (χ2v) is 4.40. The van der Waals surface area contributed by atoms with Crippen LogP contribution in [-0.2, 0) is 0 Å². The smallest absolute Gasteiger partial charge is 0.119 e. The maximum Gasteiger partial charge on any atom is 0.119 e. The van der Waals surface area contributed by atoms with Gasteiger partial charge < -0.3 is 4.74 Å². The molecule has 0 N–H and O–H groups in total. The van der Waals surface area contributed by atoms with Crippen molar-refractivity contribution in [2.45, 2.75) is 18.8 Å². The van der Waals surface area contributed by atoms with Crippen LogP contribution in [0, 0.1) is 11.3 Å². The molecular formula is C17H17NO. The van der Waals surface area contributed by atoms with Gasteiger partial charge in [-0.25, -0.2) is 0 Å². The fourth-order valence-electron chi connectivity index (χ4n) is 1.99. The average Bonchev–Trinajstić information content (AvgIpc) is 2.49. The second kappa shape index (κ2) is 7.23. The van der Waals surface area contributed by atoms with E-state index in [1.165, 1.54) is 0 Å². The van der Waals surface area contributed by atoms with Gasteiger partial charge in [-0.1, -0.05) is 48.5 Å². The minimum Gasteiger partial charge on any atom is -0.494 e. The summed E-state index contributed by atoms with van der Waals surface area (Å²) < 4.78 is 5.63. The molecule has 96 valence electrons. The SMILES string of the molecule is N#C[C@H](CCCOc1ccccc1)c1ccccc1. The van der Waals surface area contributed by atoms with Gasteiger partial charge in [-0.05, 0) is 30.5 Å². The summed E-state index contributed by atoms with van der Waals surface area (Å²) in [5.74, 6) is 0.844. The lowest BCUT2D eigenvalue weighted by molar-refractivity contribution is 0.305. The van der Waals surface area contributed by atoms with Crippen LogP contribution in [0.3, 0.4) is 0 Å². The van der Waals surface area contributed by atoms with Gasteiger partial charge in [0, 0.05) is 0 Å². The van der Waals surface area contributed by atoms with Crippen molar-refractivity contribution in [2.24, 2.45) is 0 Å². The highest BCUT2D eigenvalue weighted by atomic mass is 16.5. The zero-order valence-electron chi connectivity index (χ0n) is 10.8. The molecule has 2 aromatic carbocycles. The molecule has 0 aliphatic rings. The summed E-state index contributed by atoms with van der Waals surface area (Å²) in [5.41, 5.74) is 1.09. The molecular weight excluding hydrogens is 234 g/mol. The van der Waals surface area contributed by atoms with Crippen LogP contribution in [0.5, 0.6) is 5.75 Å². The minimum atomic E-state index is -0.0411. The minimum absolute atomic E-state index is 0.0411. The number of hydrogen-bond acceptors (Lipinski definition) is 2. The molecule has 1 atom stereocenters. The van der Waals surface area contributed by atoms with E-state index in [2.05, 4.69) is 6.07 Å². The van der Waals surface area contributed by atoms with Crippen LogP contribution in [0.4, 0.5) is 0 Å². The van der Waals surface area contributed by atoms with E-state index in [0.717, 1.165) is 24.2 Å². The Labute approximate surface area is 114 Å². The highest BCUT2D eigenvalue weighted by Crippen LogP contribution is 2.20. The predicted octanol–water partition coefficient (Wildman–Crippen LogP) is 4.15. The number of hydrogen-bond donors (Lipinski definition) is 0. The first-order valence-electron chi connectivity index (χ1n) is 6.52. The number of ether oxygens (including phenoxy) is 1. The Morgan fingerprint density at radius 2 is 1.58 bits per heavy atom. The van der Waals surface area contributed by atoms with E-state index in [9.17, 15) is 5.26 Å². The van der Waals surface area contributed by atoms with E-state index in [-0.39, 0.29) is 5.92 Å². The summed E-state index contributed by atoms with van der Waals surface area (Å²) in [5, 5.41) is 9.21. The van der Waals surface area contributed by atoms with Gasteiger partial charge in [0.15, 0.2) is 0 Å². The first kappa shape index (κ1) is 13.2. The van der Waals surface area contributed by atoms with Gasteiger partial charge in [0.25, 0.3) is 0 Å². The van der Waals surface area contributed by atoms with Crippen LogP contribution in [-0.4, -0.2) is 6.61 Å². The lowest BCUT2D eigenvalue weighted by Crippen LogP contribution is -2.01. The van der Waals surface area contributed by atoms with E-state index in [1.807, 2.05) is 60.7 Å². The molecule has 0 saturated heterocycles. The Bertz CT molecular complexity index is 516. The van der Waals surface area contributed by atoms with Crippen molar-refractivity contribution in [3.05, 3.63) is 66.2 Å². The molecule has 19 heavy (non-hydrogen) atoms. The topological polar surface area (TPSA) is 33.0 Å². The quantitative estimate of drug-likeness (QED) is 0.722. The van der Waals surface area contributed by atoms with Gasteiger partial charge in [0.05, 0.1) is 18.6 Å². The number of benzene rings is 2. The van der Waals surface area contributed by atoms with Gasteiger partial charge >= 0.3 is 0 Å². The molecule has 0 spiro atoms. The van der Waals surface area contributed by atoms with Gasteiger partial charge in [-0.3, -0.25) is 0 Å². The third-order valence-electron chi connectivity index (χ3n) is 3.01. The molecule has 0 amide bonds. The van der Waals surface area contributed by atoms with E-state index in [1.54, 1.807) is 0 Å². The molecule has 0 aliphatic carbocycles. The van der Waals surface area contributed by atoms with Crippen molar-refractivity contribution in [1.29, 1.82) is 5.26 Å². The summed E-state index contributed by atoms with van der Waals surface area (Å²) in [7, 11) is 0. The molecule has 0 radical (unpaired) electrons. The molecule has 0 fully saturated rings. The van der Waals surface area contributed by atoms with Crippen molar-refractivity contribution in [2.75, 3.05) is 6.61 Å². The number of rotatable bonds is 6. The Balaban J connectivity index is 1.77. The molecule has 0 aliphatic heterocycles. The fourth-order valence-corrected chi connectivity index (χ4v) is 1.99. The maximum absolute atomic E-state index is 9.21. The highest BCUT2D eigenvalue weighted by molar-refractivity contribution is 5.24. The van der Waals surface area contributed by atoms with Crippen LogP contribution in [0.15, 0.2) is 60.7 Å². The second-order valence-electron chi connectivity index (χ2n) is 4.40. The number of nitrogens with zero attached hydrogens (tertiary/aromatic N) is 1. The molecule has 0 heterocycles. The third-order valence-corrected chi connectivity index (χ3v) is 3.01. The molecule has 2 rings (SSSR count). The van der Waals surface area contributed by atoms with Crippen molar-refractivity contribution in [3.8, 4) is 11.8 Å². The van der Waals surface area contributed by atoms with E-state index < -0.39 is 0 Å². The van der Waals surface area contributed by atoms with E-state index in [0.29, 0.717) is 6.61 Å². The van der Waals surface area contributed by atoms with Crippen LogP contribution < -0.4 is 4.74 Å². The molecule has 0 bridgehead atoms. The largest absolute Gasteiger partial charge is 0.494 e. The summed E-state index contributed by atoms with van der Waals surface area (Å²) in [4.78, 5) is 0. The van der Waals surface area contributed by atoms with Gasteiger partial charge in [0.1, 0.15) is 5.75 Å². The van der Waals surface area contributed by atoms with Gasteiger partial charge in [-0.15, -0.1) is 0 Å². The molecule has 2 nitrogen and oxygen atoms in total. The van der Waals surface area contributed by atoms with Gasteiger partial charge in [-0.2, -0.15) is 5.26 Å². The average molecular weight is 251 g/mol. The Morgan fingerprint density at radius 3 is 2.21 bits per heavy atom. The first-order valence-corrected chi connectivity index (χ1v) is 6.52. The van der Waals surface area contributed by atoms with Crippen molar-refractivity contribution in [3.63, 3.8) is 0 Å². The van der Waals surface area contributed by atoms with Crippen molar-refractivity contribution in [1.82, 2.24) is 0 Å². The lowest BCUT2D eigenvalue weighted by atomic mass is 9.96. The Morgan fingerprint density at radius 1 is 0.947 bits per heavy atom. The summed E-state index contributed by atoms with van der Waals surface area (Å²) >= 11 is 0. The lowest BCUT2D eigenvalue weighted by Gasteiger charge is -2.10. The van der Waals surface area contributed by atoms with Crippen LogP contribution in [0.2, 0.25) is 0 Å². The predicted molar refractivity (Wildman–Crippen MR) is 76.0 cm³/mol. The van der Waals surface area contributed by atoms with Crippen LogP contribution in [0.25, 0.3) is 0 Å². The zero-order chi connectivity index (χ0) is 13.3. The number of para-hydroxylation sites is 1. The van der Waals surface area contributed by atoms with E-state index >= 15 is 0 Å². The number of nitriles is 1. The zero-order valence-corrected chi connectivity index (χ0v) is 10.8. The Kier molecular flexibility index (Phi) is 5.01. The summed E-state index contributed by atoms with van der Waals surface area (Å²) in [6.45, 7) is 0.648. The van der Waals surface area contributed by atoms with Crippen molar-refractivity contribution < 1.29 is 4.74 Å². The normalized spacial score (nSPS) is 11.5. The summed E-state index contributed by atoms with van der Waals surface area (Å²) in [6.07, 6.45) is 1.70. The molecule has 2 aromatic rings. The van der Waals surface area contributed by atoms with Crippen LogP contribution >= 0.6 is 0 Å². The van der Waals surface area contributed by atoms with Crippen LogP contribution in [0.1, 0.15) is 24.3 Å². The third kappa shape index (κ3) is 4.15. The fraction of sp³-hybridized carbons (Fsp3) is 0.235. The summed E-state index contributed by atoms with van der Waals surface area (Å²) in [6, 6.07) is 22.1. The van der Waals surface area contributed by atoms with E-state index in [4.69, 9.17) is 4.74 Å². The first-order chi connectivity index (χ1) is 9.40. The monoisotopic (exact) mass is 251 g/mol. The van der Waals surface area contributed by atoms with Crippen molar-refractivity contribution >= 4 is 0 Å². The maximum atomic E-state index is 9.21. The standard InChI is InChI=1S/C17H17NO/c18-14-16(15-8-3-1-4-9-15)10-7-13-19-17-11-5-2-6-12-17/h1-6,8-9,11-12,16H,7,10,13H2/t16-/m0/s1. The van der Waals surface area contributed by atoms with Gasteiger partial charge in [0.2, 0.25) is 0 Å². The highest BCUT2D eigenvalue weighted by Gasteiger charge is 2.09. The molecule has 0 aromatic heterocycles. The Hall–Kier alpha value is -2.27.